The van der Waals surface area contributed by atoms with Gasteiger partial charge in [-0.3, -0.25) is 0 Å². The summed E-state index contributed by atoms with van der Waals surface area (Å²) >= 11 is 0. The summed E-state index contributed by atoms with van der Waals surface area (Å²) in [6, 6.07) is 18.2. The average Bonchev–Trinajstić information content (AvgIpc) is 2.55. The van der Waals surface area contributed by atoms with E-state index in [9.17, 15) is 9.59 Å². The van der Waals surface area contributed by atoms with E-state index in [-0.39, 0.29) is 11.4 Å². The van der Waals surface area contributed by atoms with Crippen LogP contribution in [0.5, 0.6) is 5.75 Å². The lowest BCUT2D eigenvalue weighted by Crippen LogP contribution is -1.93. The van der Waals surface area contributed by atoms with Crippen LogP contribution in [0.15, 0.2) is 85.2 Å². The zero-order valence-electron chi connectivity index (χ0n) is 11.9. The minimum atomic E-state index is -0.409. The van der Waals surface area contributed by atoms with Crippen molar-refractivity contribution >= 4 is 21.9 Å². The lowest BCUT2D eigenvalue weighted by molar-refractivity contribution is 0.473. The summed E-state index contributed by atoms with van der Waals surface area (Å²) in [5, 5.41) is 10.8. The number of aromatic hydroxyl groups is 1. The van der Waals surface area contributed by atoms with Crippen molar-refractivity contribution in [2.45, 2.75) is 0 Å². The Morgan fingerprint density at radius 3 is 1.96 bits per heavy atom. The van der Waals surface area contributed by atoms with Gasteiger partial charge in [-0.1, -0.05) is 18.2 Å². The van der Waals surface area contributed by atoms with E-state index >= 15 is 0 Å². The van der Waals surface area contributed by atoms with Crippen molar-refractivity contribution in [3.05, 3.63) is 87.6 Å². The van der Waals surface area contributed by atoms with Crippen LogP contribution in [0, 0.1) is 0 Å². The molecule has 23 heavy (non-hydrogen) atoms. The molecule has 0 fully saturated rings. The number of phenolic OH excluding ortho intramolecular Hbond substituents is 1. The normalized spacial score (nSPS) is 10.3. The van der Waals surface area contributed by atoms with Crippen LogP contribution in [0.4, 0.5) is 0 Å². The fourth-order valence-electron chi connectivity index (χ4n) is 2.06. The molecule has 0 saturated carbocycles. The van der Waals surface area contributed by atoms with Gasteiger partial charge in [0.15, 0.2) is 0 Å². The van der Waals surface area contributed by atoms with Gasteiger partial charge in [-0.15, -0.1) is 0 Å². The number of para-hydroxylation sites is 1. The van der Waals surface area contributed by atoms with Crippen LogP contribution in [0.3, 0.4) is 0 Å². The first-order chi connectivity index (χ1) is 11.1. The highest BCUT2D eigenvalue weighted by atomic mass is 16.4. The minimum Gasteiger partial charge on any atom is -0.508 e. The van der Waals surface area contributed by atoms with Crippen LogP contribution in [-0.4, -0.2) is 5.11 Å². The van der Waals surface area contributed by atoms with Crippen molar-refractivity contribution in [3.63, 3.8) is 0 Å². The Balaban J connectivity index is 0.000000136. The zero-order valence-corrected chi connectivity index (χ0v) is 11.9. The molecule has 0 aliphatic heterocycles. The number of benzene rings is 2. The van der Waals surface area contributed by atoms with Gasteiger partial charge in [-0.2, -0.15) is 0 Å². The van der Waals surface area contributed by atoms with Crippen molar-refractivity contribution < 1.29 is 13.9 Å². The lowest BCUT2D eigenvalue weighted by Gasteiger charge is -1.94. The Bertz CT molecular complexity index is 1080. The summed E-state index contributed by atoms with van der Waals surface area (Å²) in [6.07, 6.45) is 0. The first kappa shape index (κ1) is 14.6. The predicted molar refractivity (Wildman–Crippen MR) is 86.6 cm³/mol. The first-order valence-corrected chi connectivity index (χ1v) is 6.84. The van der Waals surface area contributed by atoms with Gasteiger partial charge in [0.2, 0.25) is 0 Å². The average molecular weight is 308 g/mol. The van der Waals surface area contributed by atoms with Gasteiger partial charge in [-0.25, -0.2) is 9.59 Å². The summed E-state index contributed by atoms with van der Waals surface area (Å²) < 4.78 is 9.73. The molecule has 0 spiro atoms. The highest BCUT2D eigenvalue weighted by molar-refractivity contribution is 5.77. The van der Waals surface area contributed by atoms with Gasteiger partial charge in [-0.05, 0) is 30.3 Å². The number of fused-ring (bicyclic) bond motifs is 2. The fraction of sp³-hybridized carbons (Fsp3) is 0. The van der Waals surface area contributed by atoms with E-state index < -0.39 is 5.63 Å². The summed E-state index contributed by atoms with van der Waals surface area (Å²) in [4.78, 5) is 21.5. The van der Waals surface area contributed by atoms with Gasteiger partial charge >= 0.3 is 11.3 Å². The maximum atomic E-state index is 10.7. The first-order valence-electron chi connectivity index (χ1n) is 6.84. The maximum absolute atomic E-state index is 10.7. The quantitative estimate of drug-likeness (QED) is 0.504. The summed E-state index contributed by atoms with van der Waals surface area (Å²) in [6.45, 7) is 0. The molecule has 0 bridgehead atoms. The molecule has 5 nitrogen and oxygen atoms in total. The van der Waals surface area contributed by atoms with E-state index in [4.69, 9.17) is 13.9 Å². The molecule has 0 aliphatic carbocycles. The molecule has 0 amide bonds. The number of hydrogen-bond donors (Lipinski definition) is 1. The molecule has 0 aliphatic rings. The monoisotopic (exact) mass is 308 g/mol. The summed E-state index contributed by atoms with van der Waals surface area (Å²) in [5.74, 6) is 0.0943. The van der Waals surface area contributed by atoms with Crippen molar-refractivity contribution in [2.75, 3.05) is 0 Å². The Morgan fingerprint density at radius 2 is 1.22 bits per heavy atom. The molecule has 4 aromatic rings. The third-order valence-electron chi connectivity index (χ3n) is 3.14. The third kappa shape index (κ3) is 3.47. The van der Waals surface area contributed by atoms with Crippen molar-refractivity contribution in [1.82, 2.24) is 0 Å². The second kappa shape index (κ2) is 6.19. The molecule has 2 aromatic heterocycles. The topological polar surface area (TPSA) is 80.6 Å². The molecule has 0 unspecified atom stereocenters. The molecule has 2 heterocycles. The Labute approximate surface area is 130 Å². The van der Waals surface area contributed by atoms with Crippen LogP contribution < -0.4 is 11.3 Å². The van der Waals surface area contributed by atoms with Crippen LogP contribution >= 0.6 is 0 Å². The van der Waals surface area contributed by atoms with E-state index in [1.54, 1.807) is 30.3 Å². The summed E-state index contributed by atoms with van der Waals surface area (Å²) in [5.41, 5.74) is 0.333. The minimum absolute atomic E-state index is 0.0943. The van der Waals surface area contributed by atoms with Crippen molar-refractivity contribution in [2.24, 2.45) is 0 Å². The van der Waals surface area contributed by atoms with Crippen LogP contribution in [0.1, 0.15) is 0 Å². The molecule has 2 aromatic carbocycles. The summed E-state index contributed by atoms with van der Waals surface area (Å²) in [7, 11) is 0. The predicted octanol–water partition coefficient (Wildman–Crippen LogP) is 3.29. The Kier molecular flexibility index (Phi) is 3.93. The largest absolute Gasteiger partial charge is 0.508 e. The molecule has 0 atom stereocenters. The molecule has 114 valence electrons. The zero-order chi connectivity index (χ0) is 16.2. The Hall–Kier alpha value is -3.34. The van der Waals surface area contributed by atoms with E-state index in [0.29, 0.717) is 11.2 Å². The van der Waals surface area contributed by atoms with E-state index in [2.05, 4.69) is 0 Å². The second-order valence-corrected chi connectivity index (χ2v) is 4.77. The molecular weight excluding hydrogens is 296 g/mol. The van der Waals surface area contributed by atoms with Crippen LogP contribution in [-0.2, 0) is 0 Å². The Morgan fingerprint density at radius 1 is 0.652 bits per heavy atom. The molecule has 5 heteroatoms. The van der Waals surface area contributed by atoms with E-state index in [0.717, 1.165) is 10.8 Å². The SMILES string of the molecule is O=c1ccc2ccc(O)cc2o1.O=c1ccc2ccccc2o1. The van der Waals surface area contributed by atoms with Crippen molar-refractivity contribution in [3.8, 4) is 5.75 Å². The number of rotatable bonds is 0. The van der Waals surface area contributed by atoms with Crippen molar-refractivity contribution in [1.29, 1.82) is 0 Å². The smallest absolute Gasteiger partial charge is 0.336 e. The second-order valence-electron chi connectivity index (χ2n) is 4.77. The van der Waals surface area contributed by atoms with E-state index in [1.165, 1.54) is 18.2 Å². The standard InChI is InChI=1S/C9H6O3.C9H6O2/c10-7-3-1-6-2-4-9(11)12-8(6)5-7;10-9-6-5-7-3-1-2-4-8(7)11-9/h1-5,10H;1-6H. The molecular formula is C18H12O5. The van der Waals surface area contributed by atoms with Gasteiger partial charge in [0.1, 0.15) is 16.9 Å². The maximum Gasteiger partial charge on any atom is 0.336 e. The molecule has 4 rings (SSSR count). The molecule has 1 N–H and O–H groups in total. The third-order valence-corrected chi connectivity index (χ3v) is 3.14. The van der Waals surface area contributed by atoms with Crippen LogP contribution in [0.2, 0.25) is 0 Å². The molecule has 0 saturated heterocycles. The van der Waals surface area contributed by atoms with Gasteiger partial charge < -0.3 is 13.9 Å². The molecule has 0 radical (unpaired) electrons. The van der Waals surface area contributed by atoms with E-state index in [1.807, 2.05) is 18.2 Å². The highest BCUT2D eigenvalue weighted by Crippen LogP contribution is 2.17. The van der Waals surface area contributed by atoms with Crippen LogP contribution in [0.25, 0.3) is 21.9 Å². The number of phenols is 1. The highest BCUT2D eigenvalue weighted by Gasteiger charge is 1.96. The van der Waals surface area contributed by atoms with Gasteiger partial charge in [0.05, 0.1) is 0 Å². The van der Waals surface area contributed by atoms with Gasteiger partial charge in [0, 0.05) is 29.0 Å². The number of hydrogen-bond acceptors (Lipinski definition) is 5. The fourth-order valence-corrected chi connectivity index (χ4v) is 2.06. The van der Waals surface area contributed by atoms with Gasteiger partial charge in [0.25, 0.3) is 0 Å². The lowest BCUT2D eigenvalue weighted by atomic mass is 10.2.